The first-order chi connectivity index (χ1) is 0. The molecule has 0 radical (unpaired) electrons. The van der Waals surface area contributed by atoms with E-state index in [1.54, 1.807) is 0 Å². The molecule has 0 fully saturated rings. The summed E-state index contributed by atoms with van der Waals surface area (Å²) in [5.41, 5.74) is 0. The molecule has 0 aromatic rings. The average molecular weight is 187 g/mol. The fourth-order valence-corrected chi connectivity index (χ4v) is 0. The van der Waals surface area contributed by atoms with Crippen molar-refractivity contribution >= 4 is 0 Å². The quantitative estimate of drug-likeness (QED) is 0.332. The van der Waals surface area contributed by atoms with Crippen LogP contribution < -0.4 is 110 Å². The first kappa shape index (κ1) is 41.2. The minimum absolute atomic E-state index is 0. The maximum Gasteiger partial charge on any atom is 1.00 e. The topological polar surface area (TPSA) is 0 Å². The van der Waals surface area contributed by atoms with Crippen molar-refractivity contribution in [1.82, 2.24) is 0 Å². The molecule has 0 saturated heterocycles. The third kappa shape index (κ3) is 19.0. The van der Waals surface area contributed by atoms with Gasteiger partial charge in [-0.3, -0.25) is 14.1 Å². The molecule has 0 N–H and O–H groups in total. The van der Waals surface area contributed by atoms with Crippen molar-refractivity contribution in [3.05, 3.63) is 0 Å². The van der Waals surface area contributed by atoms with Crippen LogP contribution in [0.4, 0.5) is 14.1 Å². The van der Waals surface area contributed by atoms with E-state index < -0.39 is 0 Å². The summed E-state index contributed by atoms with van der Waals surface area (Å²) >= 11 is 0. The van der Waals surface area contributed by atoms with Crippen LogP contribution in [0.2, 0.25) is 0 Å². The van der Waals surface area contributed by atoms with Crippen molar-refractivity contribution in [2.45, 2.75) is 0 Å². The van der Waals surface area contributed by atoms with Crippen LogP contribution in [0.25, 0.3) is 0 Å². The maximum absolute atomic E-state index is 0. The monoisotopic (exact) mass is 186 g/mol. The van der Waals surface area contributed by atoms with Crippen molar-refractivity contribution in [3.63, 3.8) is 0 Å². The second-order valence-corrected chi connectivity index (χ2v) is 0. The van der Waals surface area contributed by atoms with Crippen LogP contribution in [0.1, 0.15) is 2.85 Å². The molecular weight excluding hydrogens is 182 g/mol. The van der Waals surface area contributed by atoms with E-state index >= 15 is 0 Å². The zero-order chi connectivity index (χ0) is 0. The van der Waals surface area contributed by atoms with Gasteiger partial charge in [-0.05, 0) is 0 Å². The van der Waals surface area contributed by atoms with Crippen LogP contribution in [0.15, 0.2) is 0 Å². The predicted octanol–water partition coefficient (Wildman–Crippen LogP) is -5.31. The fraction of sp³-hybridized carbons (Fsp3) is 0. The van der Waals surface area contributed by atoms with Crippen LogP contribution in [0.5, 0.6) is 0 Å². The van der Waals surface area contributed by atoms with Gasteiger partial charge in [0.25, 0.3) is 0 Å². The largest absolute Gasteiger partial charge is 1.00 e. The van der Waals surface area contributed by atoms with Crippen molar-refractivity contribution in [2.24, 2.45) is 0 Å². The van der Waals surface area contributed by atoms with Gasteiger partial charge in [0.1, 0.15) is 0 Å². The summed E-state index contributed by atoms with van der Waals surface area (Å²) in [4.78, 5) is 0. The summed E-state index contributed by atoms with van der Waals surface area (Å²) in [7, 11) is 0. The Bertz CT molecular complexity index is 12.9. The Morgan fingerprint density at radius 1 is 0.800 bits per heavy atom. The molecule has 0 aromatic heterocycles. The van der Waals surface area contributed by atoms with Gasteiger partial charge in [0, 0.05) is 0 Å². The van der Waals surface area contributed by atoms with E-state index in [4.69, 9.17) is 0 Å². The van der Waals surface area contributed by atoms with Crippen molar-refractivity contribution in [2.75, 3.05) is 0 Å². The predicted molar refractivity (Wildman–Crippen MR) is 9.73 cm³/mol. The van der Waals surface area contributed by atoms with E-state index in [0.29, 0.717) is 0 Å². The molecule has 0 aliphatic rings. The number of hydrogen-bond acceptors (Lipinski definition) is 0. The zero-order valence-electron chi connectivity index (χ0n) is 5.22. The number of rotatable bonds is 0. The summed E-state index contributed by atoms with van der Waals surface area (Å²) in [5, 5.41) is 0. The van der Waals surface area contributed by atoms with Gasteiger partial charge in [0.2, 0.25) is 0 Å². The SMILES string of the molecule is F.F.F.[H-].[H-].[K+].[Rb+]. The van der Waals surface area contributed by atoms with Gasteiger partial charge in [0.15, 0.2) is 0 Å². The van der Waals surface area contributed by atoms with E-state index in [9.17, 15) is 0 Å². The molecule has 5 heteroatoms. The molecule has 0 nitrogen and oxygen atoms in total. The Balaban J connectivity index is 0. The van der Waals surface area contributed by atoms with Crippen molar-refractivity contribution in [1.29, 1.82) is 0 Å². The van der Waals surface area contributed by atoms with Crippen molar-refractivity contribution in [3.8, 4) is 0 Å². The maximum atomic E-state index is 0. The third-order valence-corrected chi connectivity index (χ3v) is 0. The van der Waals surface area contributed by atoms with Crippen LogP contribution in [-0.2, 0) is 0 Å². The van der Waals surface area contributed by atoms with E-state index in [0.717, 1.165) is 0 Å². The van der Waals surface area contributed by atoms with Gasteiger partial charge in [-0.2, -0.15) is 0 Å². The van der Waals surface area contributed by atoms with Crippen LogP contribution >= 0.6 is 0 Å². The molecule has 0 aliphatic heterocycles. The van der Waals surface area contributed by atoms with Crippen molar-refractivity contribution < 1.29 is 127 Å². The molecule has 0 bridgehead atoms. The zero-order valence-corrected chi connectivity index (χ0v) is 11.3. The summed E-state index contributed by atoms with van der Waals surface area (Å²) in [6.45, 7) is 0. The van der Waals surface area contributed by atoms with Gasteiger partial charge < -0.3 is 2.85 Å². The smallest absolute Gasteiger partial charge is 1.00 e. The molecule has 0 unspecified atom stereocenters. The van der Waals surface area contributed by atoms with E-state index in [1.807, 2.05) is 0 Å². The molecule has 0 atom stereocenters. The minimum Gasteiger partial charge on any atom is -1.00 e. The third-order valence-electron chi connectivity index (χ3n) is 0. The Morgan fingerprint density at radius 3 is 0.800 bits per heavy atom. The summed E-state index contributed by atoms with van der Waals surface area (Å²) < 4.78 is 0. The normalized spacial score (nSPS) is 0. The molecule has 0 heterocycles. The molecule has 0 spiro atoms. The Kier molecular flexibility index (Phi) is 222. The van der Waals surface area contributed by atoms with E-state index in [2.05, 4.69) is 0 Å². The average Bonchev–Trinajstić information content (AvgIpc) is 0. The second kappa shape index (κ2) is 26.9. The minimum atomic E-state index is 0. The second-order valence-electron chi connectivity index (χ2n) is 0. The van der Waals surface area contributed by atoms with E-state index in [-0.39, 0.29) is 127 Å². The fourth-order valence-electron chi connectivity index (χ4n) is 0. The van der Waals surface area contributed by atoms with Crippen LogP contribution in [-0.4, -0.2) is 0 Å². The molecule has 0 aliphatic carbocycles. The first-order valence-electron chi connectivity index (χ1n) is 0. The Morgan fingerprint density at radius 2 is 0.800 bits per heavy atom. The summed E-state index contributed by atoms with van der Waals surface area (Å²) in [6.07, 6.45) is 0. The van der Waals surface area contributed by atoms with Crippen LogP contribution in [0, 0.1) is 0 Å². The van der Waals surface area contributed by atoms with Crippen LogP contribution in [0.3, 0.4) is 0 Å². The Hall–Kier alpha value is 3.23. The molecule has 0 rings (SSSR count). The number of halogens is 3. The van der Waals surface area contributed by atoms with Gasteiger partial charge >= 0.3 is 110 Å². The number of hydrogen-bond donors (Lipinski definition) is 0. The van der Waals surface area contributed by atoms with Gasteiger partial charge in [-0.15, -0.1) is 0 Å². The summed E-state index contributed by atoms with van der Waals surface area (Å²) in [6, 6.07) is 0. The first-order valence-corrected chi connectivity index (χ1v) is 0. The molecule has 0 saturated carbocycles. The standard InChI is InChI=1S/3FH.K.Rb.2H/h3*1H;;;;/q;;;2*+1;2*-1. The van der Waals surface area contributed by atoms with Gasteiger partial charge in [0.05, 0.1) is 0 Å². The van der Waals surface area contributed by atoms with Gasteiger partial charge in [-0.25, -0.2) is 0 Å². The molecule has 28 valence electrons. The van der Waals surface area contributed by atoms with Gasteiger partial charge in [-0.1, -0.05) is 0 Å². The molecule has 0 amide bonds. The molecular formula is H5F3KRb. The summed E-state index contributed by atoms with van der Waals surface area (Å²) in [5.74, 6) is 0. The van der Waals surface area contributed by atoms with E-state index in [1.165, 1.54) is 0 Å². The molecule has 5 heavy (non-hydrogen) atoms. The Labute approximate surface area is 123 Å². The molecule has 0 aromatic carbocycles.